The van der Waals surface area contributed by atoms with Crippen molar-refractivity contribution < 1.29 is 9.47 Å². The summed E-state index contributed by atoms with van der Waals surface area (Å²) in [5.74, 6) is 0. The van der Waals surface area contributed by atoms with Crippen molar-refractivity contribution in [2.45, 2.75) is 26.1 Å². The molecule has 0 aliphatic carbocycles. The first kappa shape index (κ1) is 9.69. The van der Waals surface area contributed by atoms with E-state index in [2.05, 4.69) is 31.2 Å². The SMILES string of the molecule is CCc1cccc(C2OCCCO2)c1. The number of hydrogen-bond acceptors (Lipinski definition) is 2. The summed E-state index contributed by atoms with van der Waals surface area (Å²) in [7, 11) is 0. The third kappa shape index (κ3) is 2.14. The standard InChI is InChI=1S/C12H16O2/c1-2-10-5-3-6-11(9-10)12-13-7-4-8-14-12/h3,5-6,9,12H,2,4,7-8H2,1H3. The van der Waals surface area contributed by atoms with Crippen LogP contribution in [0.15, 0.2) is 24.3 Å². The Morgan fingerprint density at radius 3 is 2.79 bits per heavy atom. The molecule has 0 unspecified atom stereocenters. The van der Waals surface area contributed by atoms with E-state index in [-0.39, 0.29) is 6.29 Å². The molecule has 1 aromatic carbocycles. The minimum absolute atomic E-state index is 0.143. The van der Waals surface area contributed by atoms with Crippen LogP contribution in [0.1, 0.15) is 30.8 Å². The molecule has 0 bridgehead atoms. The Hall–Kier alpha value is -0.860. The maximum absolute atomic E-state index is 5.54. The number of aryl methyl sites for hydroxylation is 1. The number of benzene rings is 1. The minimum Gasteiger partial charge on any atom is -0.348 e. The van der Waals surface area contributed by atoms with Crippen LogP contribution >= 0.6 is 0 Å². The van der Waals surface area contributed by atoms with Crippen molar-refractivity contribution in [3.63, 3.8) is 0 Å². The van der Waals surface area contributed by atoms with Gasteiger partial charge in [-0.2, -0.15) is 0 Å². The minimum atomic E-state index is -0.143. The van der Waals surface area contributed by atoms with Crippen LogP contribution in [0, 0.1) is 0 Å². The zero-order valence-corrected chi connectivity index (χ0v) is 8.53. The summed E-state index contributed by atoms with van der Waals surface area (Å²) in [6.45, 7) is 3.77. The molecule has 0 aromatic heterocycles. The van der Waals surface area contributed by atoms with E-state index in [0.717, 1.165) is 31.6 Å². The van der Waals surface area contributed by atoms with Crippen LogP contribution in [0.3, 0.4) is 0 Å². The lowest BCUT2D eigenvalue weighted by Crippen LogP contribution is -2.17. The molecule has 2 nitrogen and oxygen atoms in total. The highest BCUT2D eigenvalue weighted by Crippen LogP contribution is 2.23. The zero-order chi connectivity index (χ0) is 9.80. The van der Waals surface area contributed by atoms with Crippen LogP contribution in [-0.4, -0.2) is 13.2 Å². The van der Waals surface area contributed by atoms with E-state index >= 15 is 0 Å². The van der Waals surface area contributed by atoms with Crippen LogP contribution < -0.4 is 0 Å². The molecule has 14 heavy (non-hydrogen) atoms. The Morgan fingerprint density at radius 2 is 2.07 bits per heavy atom. The Balaban J connectivity index is 2.13. The van der Waals surface area contributed by atoms with E-state index < -0.39 is 0 Å². The molecular weight excluding hydrogens is 176 g/mol. The fourth-order valence-corrected chi connectivity index (χ4v) is 1.64. The van der Waals surface area contributed by atoms with Gasteiger partial charge in [0.2, 0.25) is 0 Å². The van der Waals surface area contributed by atoms with Gasteiger partial charge in [-0.25, -0.2) is 0 Å². The third-order valence-electron chi connectivity index (χ3n) is 2.46. The Kier molecular flexibility index (Phi) is 3.17. The van der Waals surface area contributed by atoms with Crippen molar-refractivity contribution in [2.24, 2.45) is 0 Å². The van der Waals surface area contributed by atoms with Crippen molar-refractivity contribution in [2.75, 3.05) is 13.2 Å². The van der Waals surface area contributed by atoms with E-state index in [0.29, 0.717) is 0 Å². The monoisotopic (exact) mass is 192 g/mol. The highest BCUT2D eigenvalue weighted by atomic mass is 16.7. The number of rotatable bonds is 2. The van der Waals surface area contributed by atoms with E-state index in [1.54, 1.807) is 0 Å². The normalized spacial score (nSPS) is 18.4. The summed E-state index contributed by atoms with van der Waals surface area (Å²) in [6, 6.07) is 8.42. The van der Waals surface area contributed by atoms with Crippen molar-refractivity contribution in [1.29, 1.82) is 0 Å². The molecule has 1 fully saturated rings. The molecule has 0 saturated carbocycles. The largest absolute Gasteiger partial charge is 0.348 e. The molecule has 1 saturated heterocycles. The van der Waals surface area contributed by atoms with Gasteiger partial charge < -0.3 is 9.47 Å². The second kappa shape index (κ2) is 4.58. The van der Waals surface area contributed by atoms with Crippen LogP contribution in [0.2, 0.25) is 0 Å². The van der Waals surface area contributed by atoms with Crippen molar-refractivity contribution >= 4 is 0 Å². The molecule has 0 spiro atoms. The summed E-state index contributed by atoms with van der Waals surface area (Å²) in [6.07, 6.45) is 1.92. The summed E-state index contributed by atoms with van der Waals surface area (Å²) in [4.78, 5) is 0. The van der Waals surface area contributed by atoms with E-state index in [9.17, 15) is 0 Å². The molecule has 2 heteroatoms. The lowest BCUT2D eigenvalue weighted by molar-refractivity contribution is -0.183. The summed E-state index contributed by atoms with van der Waals surface area (Å²) in [5.41, 5.74) is 2.48. The van der Waals surface area contributed by atoms with Gasteiger partial charge in [0.25, 0.3) is 0 Å². The van der Waals surface area contributed by atoms with Gasteiger partial charge in [-0.1, -0.05) is 31.2 Å². The van der Waals surface area contributed by atoms with E-state index in [1.807, 2.05) is 0 Å². The fraction of sp³-hybridized carbons (Fsp3) is 0.500. The van der Waals surface area contributed by atoms with Gasteiger partial charge >= 0.3 is 0 Å². The highest BCUT2D eigenvalue weighted by molar-refractivity contribution is 5.24. The molecule has 0 atom stereocenters. The predicted octanol–water partition coefficient (Wildman–Crippen LogP) is 2.68. The number of ether oxygens (including phenoxy) is 2. The lowest BCUT2D eigenvalue weighted by Gasteiger charge is -2.23. The topological polar surface area (TPSA) is 18.5 Å². The van der Waals surface area contributed by atoms with Crippen molar-refractivity contribution in [3.8, 4) is 0 Å². The van der Waals surface area contributed by atoms with Crippen molar-refractivity contribution in [3.05, 3.63) is 35.4 Å². The maximum atomic E-state index is 5.54. The summed E-state index contributed by atoms with van der Waals surface area (Å²) in [5, 5.41) is 0. The molecule has 1 aliphatic rings. The fourth-order valence-electron chi connectivity index (χ4n) is 1.64. The average Bonchev–Trinajstić information content (AvgIpc) is 2.30. The molecule has 1 heterocycles. The Labute approximate surface area is 84.8 Å². The Bertz CT molecular complexity index is 290. The molecule has 2 rings (SSSR count). The van der Waals surface area contributed by atoms with Gasteiger partial charge in [0, 0.05) is 5.56 Å². The molecule has 1 aromatic rings. The summed E-state index contributed by atoms with van der Waals surface area (Å²) < 4.78 is 11.1. The van der Waals surface area contributed by atoms with Gasteiger partial charge in [0.05, 0.1) is 13.2 Å². The van der Waals surface area contributed by atoms with Gasteiger partial charge in [-0.05, 0) is 18.4 Å². The van der Waals surface area contributed by atoms with E-state index in [4.69, 9.17) is 9.47 Å². The van der Waals surface area contributed by atoms with Gasteiger partial charge in [0.1, 0.15) is 0 Å². The third-order valence-corrected chi connectivity index (χ3v) is 2.46. The first-order valence-electron chi connectivity index (χ1n) is 5.22. The maximum Gasteiger partial charge on any atom is 0.183 e. The molecule has 0 radical (unpaired) electrons. The number of hydrogen-bond donors (Lipinski definition) is 0. The quantitative estimate of drug-likeness (QED) is 0.717. The highest BCUT2D eigenvalue weighted by Gasteiger charge is 2.16. The second-order valence-electron chi connectivity index (χ2n) is 3.53. The zero-order valence-electron chi connectivity index (χ0n) is 8.53. The van der Waals surface area contributed by atoms with Crippen LogP contribution in [0.5, 0.6) is 0 Å². The van der Waals surface area contributed by atoms with Crippen molar-refractivity contribution in [1.82, 2.24) is 0 Å². The predicted molar refractivity (Wildman–Crippen MR) is 55.1 cm³/mol. The Morgan fingerprint density at radius 1 is 1.29 bits per heavy atom. The molecule has 76 valence electrons. The van der Waals surface area contributed by atoms with Gasteiger partial charge in [0.15, 0.2) is 6.29 Å². The van der Waals surface area contributed by atoms with Gasteiger partial charge in [-0.3, -0.25) is 0 Å². The van der Waals surface area contributed by atoms with E-state index in [1.165, 1.54) is 5.56 Å². The molecule has 1 aliphatic heterocycles. The molecular formula is C12H16O2. The van der Waals surface area contributed by atoms with Crippen LogP contribution in [-0.2, 0) is 15.9 Å². The smallest absolute Gasteiger partial charge is 0.183 e. The lowest BCUT2D eigenvalue weighted by atomic mass is 10.1. The first-order valence-corrected chi connectivity index (χ1v) is 5.22. The van der Waals surface area contributed by atoms with Gasteiger partial charge in [-0.15, -0.1) is 0 Å². The molecule has 0 N–H and O–H groups in total. The van der Waals surface area contributed by atoms with Crippen LogP contribution in [0.25, 0.3) is 0 Å². The molecule has 0 amide bonds. The summed E-state index contributed by atoms with van der Waals surface area (Å²) >= 11 is 0. The van der Waals surface area contributed by atoms with Crippen LogP contribution in [0.4, 0.5) is 0 Å². The first-order chi connectivity index (χ1) is 6.90. The second-order valence-corrected chi connectivity index (χ2v) is 3.53. The average molecular weight is 192 g/mol.